The molecule has 0 fully saturated rings. The molecule has 0 spiro atoms. The summed E-state index contributed by atoms with van der Waals surface area (Å²) in [5, 5.41) is 7.95. The third-order valence-corrected chi connectivity index (χ3v) is 4.08. The maximum Gasteiger partial charge on any atom is 0.190 e. The van der Waals surface area contributed by atoms with Gasteiger partial charge in [0.1, 0.15) is 11.3 Å². The number of furan rings is 1. The van der Waals surface area contributed by atoms with Gasteiger partial charge in [-0.3, -0.25) is 0 Å². The maximum absolute atomic E-state index is 6.09. The fraction of sp³-hybridized carbons (Fsp3) is 0.0769. The van der Waals surface area contributed by atoms with E-state index in [9.17, 15) is 0 Å². The van der Waals surface area contributed by atoms with Crippen LogP contribution in [0.25, 0.3) is 10.2 Å². The average molecular weight is 324 g/mol. The van der Waals surface area contributed by atoms with Crippen LogP contribution in [-0.4, -0.2) is 10.1 Å². The summed E-state index contributed by atoms with van der Waals surface area (Å²) in [5.74, 6) is 0.821. The van der Waals surface area contributed by atoms with Crippen molar-refractivity contribution in [3.05, 3.63) is 47.4 Å². The van der Waals surface area contributed by atoms with Crippen molar-refractivity contribution in [3.8, 4) is 0 Å². The van der Waals surface area contributed by atoms with Crippen LogP contribution in [0.1, 0.15) is 5.76 Å². The molecule has 2 heterocycles. The van der Waals surface area contributed by atoms with Crippen molar-refractivity contribution in [2.45, 2.75) is 6.54 Å². The number of thiazole rings is 1. The molecule has 0 atom stereocenters. The molecule has 3 rings (SSSR count). The Morgan fingerprint density at radius 1 is 1.35 bits per heavy atom. The lowest BCUT2D eigenvalue weighted by molar-refractivity contribution is 0.503. The van der Waals surface area contributed by atoms with E-state index in [2.05, 4.69) is 15.6 Å². The summed E-state index contributed by atoms with van der Waals surface area (Å²) in [5.41, 5.74) is 0.788. The van der Waals surface area contributed by atoms with Crippen molar-refractivity contribution in [1.82, 2.24) is 10.3 Å². The smallest absolute Gasteiger partial charge is 0.190 e. The van der Waals surface area contributed by atoms with E-state index in [1.165, 1.54) is 11.3 Å². The topological polar surface area (TPSA) is 50.1 Å². The Labute approximate surface area is 129 Å². The number of nitrogens with zero attached hydrogens (tertiary/aromatic N) is 1. The standard InChI is InChI=1S/C13H10ClN3OS2/c14-9-4-1-5-10-11(9)16-13(20-10)17-12(19)15-7-8-3-2-6-18-8/h1-6H,7H2,(H2,15,16,17,19). The molecule has 0 aliphatic rings. The highest BCUT2D eigenvalue weighted by atomic mass is 35.5. The lowest BCUT2D eigenvalue weighted by Crippen LogP contribution is -2.27. The average Bonchev–Trinajstić information content (AvgIpc) is 3.05. The maximum atomic E-state index is 6.09. The van der Waals surface area contributed by atoms with Gasteiger partial charge in [0.25, 0.3) is 0 Å². The van der Waals surface area contributed by atoms with E-state index in [1.807, 2.05) is 30.3 Å². The Kier molecular flexibility index (Phi) is 3.86. The van der Waals surface area contributed by atoms with Crippen LogP contribution in [0.2, 0.25) is 5.02 Å². The number of nitrogens with one attached hydrogen (secondary N) is 2. The van der Waals surface area contributed by atoms with E-state index in [0.29, 0.717) is 21.8 Å². The number of hydrogen-bond acceptors (Lipinski definition) is 4. The second kappa shape index (κ2) is 5.78. The van der Waals surface area contributed by atoms with Crippen molar-refractivity contribution in [1.29, 1.82) is 0 Å². The first-order chi connectivity index (χ1) is 9.72. The Morgan fingerprint density at radius 2 is 2.25 bits per heavy atom. The Morgan fingerprint density at radius 3 is 3.00 bits per heavy atom. The van der Waals surface area contributed by atoms with Crippen LogP contribution in [0.15, 0.2) is 41.0 Å². The van der Waals surface area contributed by atoms with Gasteiger partial charge >= 0.3 is 0 Å². The molecule has 1 aromatic carbocycles. The highest BCUT2D eigenvalue weighted by Crippen LogP contribution is 2.30. The van der Waals surface area contributed by atoms with E-state index < -0.39 is 0 Å². The molecule has 0 bridgehead atoms. The van der Waals surface area contributed by atoms with Crippen molar-refractivity contribution in [2.75, 3.05) is 5.32 Å². The van der Waals surface area contributed by atoms with Crippen LogP contribution >= 0.6 is 35.2 Å². The molecule has 0 aliphatic heterocycles. The second-order valence-electron chi connectivity index (χ2n) is 3.99. The largest absolute Gasteiger partial charge is 0.467 e. The van der Waals surface area contributed by atoms with Crippen molar-refractivity contribution < 1.29 is 4.42 Å². The van der Waals surface area contributed by atoms with Gasteiger partial charge in [-0.2, -0.15) is 0 Å². The van der Waals surface area contributed by atoms with Crippen molar-refractivity contribution in [3.63, 3.8) is 0 Å². The predicted octanol–water partition coefficient (Wildman–Crippen LogP) is 4.03. The molecule has 20 heavy (non-hydrogen) atoms. The third kappa shape index (κ3) is 2.92. The Hall–Kier alpha value is -1.63. The first-order valence-electron chi connectivity index (χ1n) is 5.84. The molecule has 0 amide bonds. The van der Waals surface area contributed by atoms with Gasteiger partial charge in [-0.1, -0.05) is 29.0 Å². The van der Waals surface area contributed by atoms with Gasteiger partial charge in [-0.15, -0.1) is 0 Å². The zero-order valence-corrected chi connectivity index (χ0v) is 12.6. The number of thiocarbonyl (C=S) groups is 1. The molecular weight excluding hydrogens is 314 g/mol. The minimum absolute atomic E-state index is 0.497. The van der Waals surface area contributed by atoms with Crippen LogP contribution in [0.5, 0.6) is 0 Å². The highest BCUT2D eigenvalue weighted by Gasteiger charge is 2.08. The highest BCUT2D eigenvalue weighted by molar-refractivity contribution is 7.80. The lowest BCUT2D eigenvalue weighted by atomic mass is 10.3. The second-order valence-corrected chi connectivity index (χ2v) is 5.84. The number of halogens is 1. The van der Waals surface area contributed by atoms with E-state index >= 15 is 0 Å². The normalized spacial score (nSPS) is 10.7. The molecule has 0 saturated heterocycles. The monoisotopic (exact) mass is 323 g/mol. The molecule has 102 valence electrons. The first kappa shape index (κ1) is 13.4. The number of para-hydroxylation sites is 1. The molecule has 0 aliphatic carbocycles. The van der Waals surface area contributed by atoms with Gasteiger partial charge in [0, 0.05) is 0 Å². The van der Waals surface area contributed by atoms with Gasteiger partial charge in [0.15, 0.2) is 10.2 Å². The summed E-state index contributed by atoms with van der Waals surface area (Å²) in [6.45, 7) is 0.532. The summed E-state index contributed by atoms with van der Waals surface area (Å²) in [4.78, 5) is 4.42. The van der Waals surface area contributed by atoms with Crippen molar-refractivity contribution in [2.24, 2.45) is 0 Å². The molecule has 0 unspecified atom stereocenters. The fourth-order valence-corrected chi connectivity index (χ4v) is 3.09. The molecule has 4 nitrogen and oxygen atoms in total. The Bertz CT molecular complexity index is 739. The zero-order chi connectivity index (χ0) is 13.9. The number of anilines is 1. The SMILES string of the molecule is S=C(NCc1ccco1)Nc1nc2c(Cl)cccc2s1. The lowest BCUT2D eigenvalue weighted by Gasteiger charge is -2.06. The van der Waals surface area contributed by atoms with Crippen LogP contribution < -0.4 is 10.6 Å². The fourth-order valence-electron chi connectivity index (χ4n) is 1.69. The number of hydrogen-bond donors (Lipinski definition) is 2. The van der Waals surface area contributed by atoms with Crippen LogP contribution in [0.4, 0.5) is 5.13 Å². The quantitative estimate of drug-likeness (QED) is 0.713. The van der Waals surface area contributed by atoms with Crippen molar-refractivity contribution >= 4 is 55.6 Å². The molecule has 0 saturated carbocycles. The summed E-state index contributed by atoms with van der Waals surface area (Å²) in [7, 11) is 0. The summed E-state index contributed by atoms with van der Waals surface area (Å²) in [6, 6.07) is 9.42. The minimum Gasteiger partial charge on any atom is -0.467 e. The van der Waals surface area contributed by atoms with Gasteiger partial charge in [0.2, 0.25) is 0 Å². The first-order valence-corrected chi connectivity index (χ1v) is 7.45. The zero-order valence-electron chi connectivity index (χ0n) is 10.2. The van der Waals surface area contributed by atoms with E-state index in [4.69, 9.17) is 28.2 Å². The number of benzene rings is 1. The van der Waals surface area contributed by atoms with Crippen LogP contribution in [0.3, 0.4) is 0 Å². The Balaban J connectivity index is 1.66. The molecule has 2 N–H and O–H groups in total. The molecule has 3 aromatic rings. The number of aromatic nitrogens is 1. The molecule has 2 aromatic heterocycles. The van der Waals surface area contributed by atoms with Gasteiger partial charge in [-0.05, 0) is 36.5 Å². The predicted molar refractivity (Wildman–Crippen MR) is 86.4 cm³/mol. The summed E-state index contributed by atoms with van der Waals surface area (Å²) >= 11 is 12.8. The summed E-state index contributed by atoms with van der Waals surface area (Å²) < 4.78 is 6.24. The third-order valence-electron chi connectivity index (χ3n) is 2.59. The van der Waals surface area contributed by atoms with E-state index in [-0.39, 0.29) is 0 Å². The minimum atomic E-state index is 0.497. The van der Waals surface area contributed by atoms with Crippen LogP contribution in [0, 0.1) is 0 Å². The number of rotatable bonds is 3. The summed E-state index contributed by atoms with van der Waals surface area (Å²) in [6.07, 6.45) is 1.63. The molecule has 0 radical (unpaired) electrons. The van der Waals surface area contributed by atoms with Gasteiger partial charge in [0.05, 0.1) is 22.5 Å². The molecule has 7 heteroatoms. The van der Waals surface area contributed by atoms with E-state index in [0.717, 1.165) is 16.0 Å². The van der Waals surface area contributed by atoms with Crippen LogP contribution in [-0.2, 0) is 6.54 Å². The van der Waals surface area contributed by atoms with E-state index in [1.54, 1.807) is 6.26 Å². The molecular formula is C13H10ClN3OS2. The van der Waals surface area contributed by atoms with Gasteiger partial charge in [-0.25, -0.2) is 4.98 Å². The van der Waals surface area contributed by atoms with Gasteiger partial charge < -0.3 is 15.1 Å². The number of fused-ring (bicyclic) bond motifs is 1.